The van der Waals surface area contributed by atoms with Crippen molar-refractivity contribution in [3.8, 4) is 0 Å². The predicted octanol–water partition coefficient (Wildman–Crippen LogP) is 2.99. The van der Waals surface area contributed by atoms with Gasteiger partial charge >= 0.3 is 0 Å². The van der Waals surface area contributed by atoms with E-state index in [1.807, 2.05) is 30.0 Å². The first-order valence-electron chi connectivity index (χ1n) is 6.30. The van der Waals surface area contributed by atoms with Crippen molar-refractivity contribution >= 4 is 34.2 Å². The van der Waals surface area contributed by atoms with Crippen molar-refractivity contribution in [3.05, 3.63) is 33.8 Å². The highest BCUT2D eigenvalue weighted by molar-refractivity contribution is 9.10. The number of hydrogen-bond acceptors (Lipinski definition) is 2. The summed E-state index contributed by atoms with van der Waals surface area (Å²) in [4.78, 5) is 14.4. The molecule has 5 heteroatoms. The van der Waals surface area contributed by atoms with Crippen molar-refractivity contribution in [2.75, 3.05) is 13.1 Å². The van der Waals surface area contributed by atoms with Gasteiger partial charge in [0.1, 0.15) is 0 Å². The van der Waals surface area contributed by atoms with Crippen LogP contribution in [0.15, 0.2) is 22.7 Å². The molecule has 0 aliphatic carbocycles. The quantitative estimate of drug-likeness (QED) is 0.849. The standard InChI is InChI=1S/C14H19BrN2O.ClH/c1-9-3-4-11(15)7-12(9)14(18)17-6-5-13(16)10(2)8-17;/h3-4,7,10,13H,5-6,8,16H2,1-2H3;1H. The van der Waals surface area contributed by atoms with E-state index in [9.17, 15) is 4.79 Å². The smallest absolute Gasteiger partial charge is 0.254 e. The lowest BCUT2D eigenvalue weighted by molar-refractivity contribution is 0.0663. The number of carbonyl (C=O) groups is 1. The molecule has 0 aromatic heterocycles. The Morgan fingerprint density at radius 3 is 2.79 bits per heavy atom. The molecule has 1 fully saturated rings. The van der Waals surface area contributed by atoms with E-state index in [4.69, 9.17) is 5.73 Å². The molecule has 2 atom stereocenters. The fourth-order valence-corrected chi connectivity index (χ4v) is 2.70. The van der Waals surface area contributed by atoms with Crippen molar-refractivity contribution in [1.29, 1.82) is 0 Å². The second-order valence-electron chi connectivity index (χ2n) is 5.14. The Balaban J connectivity index is 0.00000180. The summed E-state index contributed by atoms with van der Waals surface area (Å²) in [6.07, 6.45) is 0.889. The van der Waals surface area contributed by atoms with Gasteiger partial charge < -0.3 is 10.6 Å². The molecule has 1 amide bonds. The number of aryl methyl sites for hydroxylation is 1. The highest BCUT2D eigenvalue weighted by atomic mass is 79.9. The number of halogens is 2. The number of rotatable bonds is 1. The minimum absolute atomic E-state index is 0. The summed E-state index contributed by atoms with van der Waals surface area (Å²) in [7, 11) is 0. The fourth-order valence-electron chi connectivity index (χ4n) is 2.34. The Morgan fingerprint density at radius 2 is 2.16 bits per heavy atom. The Hall–Kier alpha value is -0.580. The maximum atomic E-state index is 12.5. The van der Waals surface area contributed by atoms with Crippen LogP contribution in [-0.2, 0) is 0 Å². The van der Waals surface area contributed by atoms with Crippen LogP contribution in [0.2, 0.25) is 0 Å². The van der Waals surface area contributed by atoms with E-state index < -0.39 is 0 Å². The number of benzene rings is 1. The third-order valence-corrected chi connectivity index (χ3v) is 4.18. The maximum absolute atomic E-state index is 12.5. The topological polar surface area (TPSA) is 46.3 Å². The molecule has 0 radical (unpaired) electrons. The summed E-state index contributed by atoms with van der Waals surface area (Å²) in [5, 5.41) is 0. The highest BCUT2D eigenvalue weighted by Crippen LogP contribution is 2.21. The lowest BCUT2D eigenvalue weighted by Gasteiger charge is -2.35. The van der Waals surface area contributed by atoms with Gasteiger partial charge in [0.15, 0.2) is 0 Å². The fraction of sp³-hybridized carbons (Fsp3) is 0.500. The number of carbonyl (C=O) groups excluding carboxylic acids is 1. The van der Waals surface area contributed by atoms with Crippen molar-refractivity contribution in [2.24, 2.45) is 11.7 Å². The summed E-state index contributed by atoms with van der Waals surface area (Å²) in [6, 6.07) is 6.05. The zero-order chi connectivity index (χ0) is 13.3. The minimum Gasteiger partial charge on any atom is -0.338 e. The molecule has 0 bridgehead atoms. The van der Waals surface area contributed by atoms with E-state index in [-0.39, 0.29) is 24.4 Å². The molecule has 19 heavy (non-hydrogen) atoms. The molecule has 0 saturated carbocycles. The monoisotopic (exact) mass is 346 g/mol. The van der Waals surface area contributed by atoms with Gasteiger partial charge in [0.2, 0.25) is 0 Å². The Labute approximate surface area is 129 Å². The minimum atomic E-state index is 0. The van der Waals surface area contributed by atoms with Gasteiger partial charge in [0, 0.05) is 29.2 Å². The summed E-state index contributed by atoms with van der Waals surface area (Å²) in [6.45, 7) is 5.60. The van der Waals surface area contributed by atoms with E-state index in [1.165, 1.54) is 0 Å². The van der Waals surface area contributed by atoms with Crippen LogP contribution in [0.25, 0.3) is 0 Å². The molecule has 0 spiro atoms. The zero-order valence-electron chi connectivity index (χ0n) is 11.2. The first-order chi connectivity index (χ1) is 8.49. The van der Waals surface area contributed by atoms with Crippen LogP contribution in [0.4, 0.5) is 0 Å². The van der Waals surface area contributed by atoms with E-state index in [0.717, 1.165) is 35.1 Å². The number of hydrogen-bond donors (Lipinski definition) is 1. The maximum Gasteiger partial charge on any atom is 0.254 e. The first kappa shape index (κ1) is 16.5. The van der Waals surface area contributed by atoms with Crippen molar-refractivity contribution in [2.45, 2.75) is 26.3 Å². The van der Waals surface area contributed by atoms with Crippen LogP contribution in [0.1, 0.15) is 29.3 Å². The highest BCUT2D eigenvalue weighted by Gasteiger charge is 2.27. The number of nitrogens with two attached hydrogens (primary N) is 1. The Kier molecular flexibility index (Phi) is 5.83. The average Bonchev–Trinajstić information content (AvgIpc) is 2.35. The molecule has 1 aromatic rings. The van der Waals surface area contributed by atoms with Crippen LogP contribution >= 0.6 is 28.3 Å². The number of piperidine rings is 1. The predicted molar refractivity (Wildman–Crippen MR) is 83.8 cm³/mol. The number of nitrogens with zero attached hydrogens (tertiary/aromatic N) is 1. The second kappa shape index (κ2) is 6.73. The molecule has 1 heterocycles. The average molecular weight is 348 g/mol. The van der Waals surface area contributed by atoms with Gasteiger partial charge in [-0.1, -0.05) is 28.9 Å². The first-order valence-corrected chi connectivity index (χ1v) is 7.09. The molecule has 1 saturated heterocycles. The molecule has 1 aromatic carbocycles. The number of amides is 1. The second-order valence-corrected chi connectivity index (χ2v) is 6.06. The van der Waals surface area contributed by atoms with Crippen LogP contribution in [0.5, 0.6) is 0 Å². The van der Waals surface area contributed by atoms with Gasteiger partial charge in [-0.2, -0.15) is 0 Å². The summed E-state index contributed by atoms with van der Waals surface area (Å²) in [5.41, 5.74) is 7.79. The largest absolute Gasteiger partial charge is 0.338 e. The van der Waals surface area contributed by atoms with E-state index >= 15 is 0 Å². The summed E-state index contributed by atoms with van der Waals surface area (Å²) < 4.78 is 0.943. The zero-order valence-corrected chi connectivity index (χ0v) is 13.6. The summed E-state index contributed by atoms with van der Waals surface area (Å²) >= 11 is 3.42. The van der Waals surface area contributed by atoms with E-state index in [0.29, 0.717) is 5.92 Å². The van der Waals surface area contributed by atoms with E-state index in [1.54, 1.807) is 0 Å². The van der Waals surface area contributed by atoms with Crippen molar-refractivity contribution < 1.29 is 4.79 Å². The third-order valence-electron chi connectivity index (χ3n) is 3.69. The molecular weight excluding hydrogens is 328 g/mol. The third kappa shape index (κ3) is 3.71. The van der Waals surface area contributed by atoms with Crippen LogP contribution in [0, 0.1) is 12.8 Å². The number of likely N-dealkylation sites (tertiary alicyclic amines) is 1. The van der Waals surface area contributed by atoms with Crippen LogP contribution < -0.4 is 5.73 Å². The van der Waals surface area contributed by atoms with Gasteiger partial charge in [0.05, 0.1) is 0 Å². The van der Waals surface area contributed by atoms with Gasteiger partial charge in [0.25, 0.3) is 5.91 Å². The van der Waals surface area contributed by atoms with Gasteiger partial charge in [-0.15, -0.1) is 12.4 Å². The molecule has 2 unspecified atom stereocenters. The molecule has 2 N–H and O–H groups in total. The molecule has 1 aliphatic heterocycles. The Bertz CT molecular complexity index is 467. The molecular formula is C14H20BrClN2O. The van der Waals surface area contributed by atoms with Gasteiger partial charge in [-0.3, -0.25) is 4.79 Å². The lowest BCUT2D eigenvalue weighted by Crippen LogP contribution is -2.48. The van der Waals surface area contributed by atoms with Gasteiger partial charge in [-0.25, -0.2) is 0 Å². The van der Waals surface area contributed by atoms with Crippen molar-refractivity contribution in [3.63, 3.8) is 0 Å². The van der Waals surface area contributed by atoms with Gasteiger partial charge in [-0.05, 0) is 37.0 Å². The van der Waals surface area contributed by atoms with Crippen LogP contribution in [0.3, 0.4) is 0 Å². The molecule has 106 valence electrons. The lowest BCUT2D eigenvalue weighted by atomic mass is 9.94. The normalized spacial score (nSPS) is 22.8. The molecule has 1 aliphatic rings. The van der Waals surface area contributed by atoms with E-state index in [2.05, 4.69) is 22.9 Å². The van der Waals surface area contributed by atoms with Crippen LogP contribution in [-0.4, -0.2) is 29.9 Å². The molecule has 2 rings (SSSR count). The Morgan fingerprint density at radius 1 is 1.47 bits per heavy atom. The summed E-state index contributed by atoms with van der Waals surface area (Å²) in [5.74, 6) is 0.489. The SMILES string of the molecule is Cc1ccc(Br)cc1C(=O)N1CCC(N)C(C)C1.Cl. The molecule has 3 nitrogen and oxygen atoms in total. The van der Waals surface area contributed by atoms with Crippen molar-refractivity contribution in [1.82, 2.24) is 4.90 Å².